The highest BCUT2D eigenvalue weighted by Gasteiger charge is 2.27. The summed E-state index contributed by atoms with van der Waals surface area (Å²) in [6.07, 6.45) is 2.13. The van der Waals surface area contributed by atoms with Crippen LogP contribution in [0.3, 0.4) is 0 Å². The highest BCUT2D eigenvalue weighted by atomic mass is 19.1. The Morgan fingerprint density at radius 2 is 2.00 bits per heavy atom. The first-order valence-electron chi connectivity index (χ1n) is 6.01. The first-order valence-corrected chi connectivity index (χ1v) is 6.01. The Labute approximate surface area is 109 Å². The van der Waals surface area contributed by atoms with Crippen molar-refractivity contribution in [3.05, 3.63) is 41.5 Å². The minimum atomic E-state index is -0.459. The SMILES string of the molecule is N#Cc1cc(F)cc(-c2cc(N)nc(C3CC3)n2)c1. The summed E-state index contributed by atoms with van der Waals surface area (Å²) in [6, 6.07) is 7.66. The Balaban J connectivity index is 2.11. The van der Waals surface area contributed by atoms with Gasteiger partial charge in [0, 0.05) is 17.5 Å². The fourth-order valence-corrected chi connectivity index (χ4v) is 1.96. The maximum absolute atomic E-state index is 13.4. The molecule has 0 unspecified atom stereocenters. The molecule has 1 fully saturated rings. The lowest BCUT2D eigenvalue weighted by Gasteiger charge is -2.06. The van der Waals surface area contributed by atoms with Crippen molar-refractivity contribution in [3.63, 3.8) is 0 Å². The van der Waals surface area contributed by atoms with Gasteiger partial charge in [0.05, 0.1) is 17.3 Å². The van der Waals surface area contributed by atoms with E-state index in [-0.39, 0.29) is 5.56 Å². The Bertz CT molecular complexity index is 686. The van der Waals surface area contributed by atoms with Gasteiger partial charge in [-0.05, 0) is 31.0 Å². The van der Waals surface area contributed by atoms with Crippen molar-refractivity contribution in [3.8, 4) is 17.3 Å². The van der Waals surface area contributed by atoms with Crippen LogP contribution in [0.1, 0.15) is 30.1 Å². The minimum absolute atomic E-state index is 0.264. The smallest absolute Gasteiger partial charge is 0.134 e. The van der Waals surface area contributed by atoms with Crippen molar-refractivity contribution in [2.45, 2.75) is 18.8 Å². The third-order valence-electron chi connectivity index (χ3n) is 3.03. The zero-order chi connectivity index (χ0) is 13.4. The normalized spacial score (nSPS) is 14.1. The average molecular weight is 254 g/mol. The number of anilines is 1. The third kappa shape index (κ3) is 2.38. The third-order valence-corrected chi connectivity index (χ3v) is 3.03. The van der Waals surface area contributed by atoms with E-state index in [4.69, 9.17) is 11.0 Å². The number of benzene rings is 1. The maximum atomic E-state index is 13.4. The zero-order valence-electron chi connectivity index (χ0n) is 10.1. The van der Waals surface area contributed by atoms with Gasteiger partial charge in [0.15, 0.2) is 0 Å². The maximum Gasteiger partial charge on any atom is 0.134 e. The van der Waals surface area contributed by atoms with Crippen LogP contribution < -0.4 is 5.73 Å². The van der Waals surface area contributed by atoms with Gasteiger partial charge in [0.1, 0.15) is 17.5 Å². The Kier molecular flexibility index (Phi) is 2.64. The second-order valence-corrected chi connectivity index (χ2v) is 4.65. The summed E-state index contributed by atoms with van der Waals surface area (Å²) in [5.41, 5.74) is 7.13. The predicted octanol–water partition coefficient (Wildman–Crippen LogP) is 2.61. The van der Waals surface area contributed by atoms with Gasteiger partial charge in [0.25, 0.3) is 0 Å². The number of nitrogens with two attached hydrogens (primary N) is 1. The highest BCUT2D eigenvalue weighted by Crippen LogP contribution is 2.39. The molecule has 1 aliphatic rings. The van der Waals surface area contributed by atoms with E-state index < -0.39 is 5.82 Å². The first-order chi connectivity index (χ1) is 9.15. The molecule has 1 heterocycles. The van der Waals surface area contributed by atoms with Gasteiger partial charge >= 0.3 is 0 Å². The molecule has 1 aliphatic carbocycles. The number of nitrogens with zero attached hydrogens (tertiary/aromatic N) is 3. The topological polar surface area (TPSA) is 75.6 Å². The van der Waals surface area contributed by atoms with Crippen LogP contribution in [0.15, 0.2) is 24.3 Å². The molecule has 5 heteroatoms. The van der Waals surface area contributed by atoms with Crippen LogP contribution in [0.25, 0.3) is 11.3 Å². The monoisotopic (exact) mass is 254 g/mol. The molecule has 1 aromatic heterocycles. The quantitative estimate of drug-likeness (QED) is 0.893. The molecule has 94 valence electrons. The molecule has 1 saturated carbocycles. The molecule has 0 aliphatic heterocycles. The molecule has 0 radical (unpaired) electrons. The van der Waals surface area contributed by atoms with E-state index in [1.807, 2.05) is 6.07 Å². The van der Waals surface area contributed by atoms with Gasteiger partial charge in [-0.3, -0.25) is 0 Å². The van der Waals surface area contributed by atoms with Crippen LogP contribution in [-0.2, 0) is 0 Å². The van der Waals surface area contributed by atoms with E-state index in [1.165, 1.54) is 12.1 Å². The van der Waals surface area contributed by atoms with E-state index in [0.29, 0.717) is 28.8 Å². The molecule has 0 bridgehead atoms. The Hall–Kier alpha value is -2.48. The molecule has 0 saturated heterocycles. The molecule has 4 nitrogen and oxygen atoms in total. The van der Waals surface area contributed by atoms with Crippen molar-refractivity contribution in [1.82, 2.24) is 9.97 Å². The van der Waals surface area contributed by atoms with E-state index in [1.54, 1.807) is 12.1 Å². The number of hydrogen-bond acceptors (Lipinski definition) is 4. The zero-order valence-corrected chi connectivity index (χ0v) is 10.1. The Morgan fingerprint density at radius 3 is 2.68 bits per heavy atom. The number of rotatable bonds is 2. The van der Waals surface area contributed by atoms with Crippen LogP contribution >= 0.6 is 0 Å². The first kappa shape index (κ1) is 11.6. The summed E-state index contributed by atoms with van der Waals surface area (Å²) in [4.78, 5) is 8.61. The summed E-state index contributed by atoms with van der Waals surface area (Å²) in [6.45, 7) is 0. The minimum Gasteiger partial charge on any atom is -0.384 e. The van der Waals surface area contributed by atoms with Crippen molar-refractivity contribution >= 4 is 5.82 Å². The lowest BCUT2D eigenvalue weighted by atomic mass is 10.1. The lowest BCUT2D eigenvalue weighted by Crippen LogP contribution is -2.00. The van der Waals surface area contributed by atoms with E-state index in [0.717, 1.165) is 12.8 Å². The summed E-state index contributed by atoms with van der Waals surface area (Å²) >= 11 is 0. The molecule has 3 rings (SSSR count). The molecule has 2 aromatic rings. The predicted molar refractivity (Wildman–Crippen MR) is 68.5 cm³/mol. The van der Waals surface area contributed by atoms with Gasteiger partial charge < -0.3 is 5.73 Å². The number of hydrogen-bond donors (Lipinski definition) is 1. The van der Waals surface area contributed by atoms with Crippen molar-refractivity contribution < 1.29 is 4.39 Å². The molecule has 0 spiro atoms. The van der Waals surface area contributed by atoms with Gasteiger partial charge in [-0.15, -0.1) is 0 Å². The second kappa shape index (κ2) is 4.32. The molecular formula is C14H11FN4. The number of nitrogen functional groups attached to an aromatic ring is 1. The summed E-state index contributed by atoms with van der Waals surface area (Å²) in [7, 11) is 0. The van der Waals surface area contributed by atoms with Crippen molar-refractivity contribution in [1.29, 1.82) is 5.26 Å². The standard InChI is InChI=1S/C14H11FN4/c15-11-4-8(7-16)3-10(5-11)12-6-13(17)19-14(18-12)9-1-2-9/h3-6,9H,1-2H2,(H2,17,18,19). The van der Waals surface area contributed by atoms with Crippen LogP contribution in [0.5, 0.6) is 0 Å². The fourth-order valence-electron chi connectivity index (χ4n) is 1.96. The molecule has 0 amide bonds. The van der Waals surface area contributed by atoms with Gasteiger partial charge in [-0.1, -0.05) is 0 Å². The largest absolute Gasteiger partial charge is 0.384 e. The molecule has 19 heavy (non-hydrogen) atoms. The molecule has 2 N–H and O–H groups in total. The van der Waals surface area contributed by atoms with E-state index in [9.17, 15) is 4.39 Å². The van der Waals surface area contributed by atoms with Gasteiger partial charge in [0.2, 0.25) is 0 Å². The summed E-state index contributed by atoms with van der Waals surface area (Å²) < 4.78 is 13.4. The van der Waals surface area contributed by atoms with Crippen molar-refractivity contribution in [2.75, 3.05) is 5.73 Å². The van der Waals surface area contributed by atoms with Crippen LogP contribution in [0, 0.1) is 17.1 Å². The van der Waals surface area contributed by atoms with Crippen LogP contribution in [-0.4, -0.2) is 9.97 Å². The van der Waals surface area contributed by atoms with Gasteiger partial charge in [-0.25, -0.2) is 14.4 Å². The number of halogens is 1. The lowest BCUT2D eigenvalue weighted by molar-refractivity contribution is 0.627. The highest BCUT2D eigenvalue weighted by molar-refractivity contribution is 5.64. The summed E-state index contributed by atoms with van der Waals surface area (Å²) in [5, 5.41) is 8.87. The second-order valence-electron chi connectivity index (χ2n) is 4.65. The molecule has 1 aromatic carbocycles. The van der Waals surface area contributed by atoms with E-state index in [2.05, 4.69) is 9.97 Å². The number of aromatic nitrogens is 2. The van der Waals surface area contributed by atoms with Crippen LogP contribution in [0.2, 0.25) is 0 Å². The average Bonchev–Trinajstić information content (AvgIpc) is 3.21. The van der Waals surface area contributed by atoms with E-state index >= 15 is 0 Å². The number of nitriles is 1. The van der Waals surface area contributed by atoms with Crippen molar-refractivity contribution in [2.24, 2.45) is 0 Å². The Morgan fingerprint density at radius 1 is 1.21 bits per heavy atom. The molecule has 0 atom stereocenters. The molecular weight excluding hydrogens is 243 g/mol. The fraction of sp³-hybridized carbons (Fsp3) is 0.214. The van der Waals surface area contributed by atoms with Gasteiger partial charge in [-0.2, -0.15) is 5.26 Å². The van der Waals surface area contributed by atoms with Crippen LogP contribution in [0.4, 0.5) is 10.2 Å². The summed E-state index contributed by atoms with van der Waals surface area (Å²) in [5.74, 6) is 0.984.